The van der Waals surface area contributed by atoms with E-state index in [2.05, 4.69) is 5.32 Å². The molecule has 0 saturated carbocycles. The molecular formula is C22H28N4O4. The van der Waals surface area contributed by atoms with Crippen LogP contribution in [-0.2, 0) is 20.8 Å². The molecule has 8 heteroatoms. The van der Waals surface area contributed by atoms with Gasteiger partial charge in [0, 0.05) is 52.8 Å². The highest BCUT2D eigenvalue weighted by atomic mass is 16.2. The van der Waals surface area contributed by atoms with E-state index in [0.29, 0.717) is 24.9 Å². The molecule has 1 aromatic rings. The van der Waals surface area contributed by atoms with Crippen LogP contribution in [0.1, 0.15) is 28.8 Å². The first-order valence-electron chi connectivity index (χ1n) is 10.4. The summed E-state index contributed by atoms with van der Waals surface area (Å²) in [5.41, 5.74) is 0.760. The Morgan fingerprint density at radius 1 is 1.17 bits per heavy atom. The lowest BCUT2D eigenvalue weighted by Crippen LogP contribution is -2.57. The van der Waals surface area contributed by atoms with Crippen LogP contribution in [0.25, 0.3) is 0 Å². The third kappa shape index (κ3) is 3.34. The molecule has 2 saturated heterocycles. The zero-order valence-corrected chi connectivity index (χ0v) is 17.7. The lowest BCUT2D eigenvalue weighted by atomic mass is 9.81. The first-order valence-corrected chi connectivity index (χ1v) is 10.4. The number of carbonyl (C=O) groups excluding carboxylic acids is 4. The summed E-state index contributed by atoms with van der Waals surface area (Å²) in [5.74, 6) is -1.38. The van der Waals surface area contributed by atoms with Crippen molar-refractivity contribution in [2.45, 2.75) is 24.8 Å². The van der Waals surface area contributed by atoms with E-state index in [1.807, 2.05) is 18.2 Å². The minimum absolute atomic E-state index is 0.0404. The van der Waals surface area contributed by atoms with Crippen LogP contribution in [0.4, 0.5) is 0 Å². The summed E-state index contributed by atoms with van der Waals surface area (Å²) in [6.45, 7) is 0.927. The van der Waals surface area contributed by atoms with Crippen LogP contribution in [0, 0.1) is 11.8 Å². The number of rotatable bonds is 2. The van der Waals surface area contributed by atoms with Crippen LogP contribution in [0.15, 0.2) is 24.3 Å². The van der Waals surface area contributed by atoms with E-state index in [1.165, 1.54) is 4.90 Å². The second-order valence-corrected chi connectivity index (χ2v) is 8.95. The number of aryl methyl sites for hydroxylation is 1. The monoisotopic (exact) mass is 412 g/mol. The first kappa shape index (κ1) is 20.4. The van der Waals surface area contributed by atoms with Gasteiger partial charge in [0.1, 0.15) is 0 Å². The number of nitrogens with zero attached hydrogens (tertiary/aromatic N) is 3. The minimum Gasteiger partial charge on any atom is -0.348 e. The van der Waals surface area contributed by atoms with Crippen molar-refractivity contribution in [3.05, 3.63) is 35.4 Å². The van der Waals surface area contributed by atoms with Crippen molar-refractivity contribution < 1.29 is 19.2 Å². The molecule has 4 amide bonds. The van der Waals surface area contributed by atoms with Gasteiger partial charge in [-0.15, -0.1) is 0 Å². The van der Waals surface area contributed by atoms with Gasteiger partial charge in [0.05, 0.1) is 17.4 Å². The molecule has 2 fully saturated rings. The van der Waals surface area contributed by atoms with Crippen molar-refractivity contribution in [1.82, 2.24) is 20.0 Å². The molecule has 4 rings (SSSR count). The molecule has 1 spiro atoms. The molecule has 3 heterocycles. The minimum atomic E-state index is -0.818. The molecule has 0 aliphatic carbocycles. The molecule has 3 aliphatic rings. The highest BCUT2D eigenvalue weighted by Crippen LogP contribution is 2.37. The molecule has 0 aromatic heterocycles. The lowest BCUT2D eigenvalue weighted by molar-refractivity contribution is -0.136. The van der Waals surface area contributed by atoms with Gasteiger partial charge in [0.2, 0.25) is 17.7 Å². The van der Waals surface area contributed by atoms with Crippen molar-refractivity contribution in [2.24, 2.45) is 11.8 Å². The Morgan fingerprint density at radius 3 is 2.57 bits per heavy atom. The highest BCUT2D eigenvalue weighted by molar-refractivity contribution is 5.98. The molecule has 160 valence electrons. The zero-order valence-electron chi connectivity index (χ0n) is 17.7. The fourth-order valence-corrected chi connectivity index (χ4v) is 5.05. The van der Waals surface area contributed by atoms with Gasteiger partial charge in [0.25, 0.3) is 5.91 Å². The van der Waals surface area contributed by atoms with E-state index in [4.69, 9.17) is 0 Å². The lowest BCUT2D eigenvalue weighted by Gasteiger charge is -2.34. The molecule has 30 heavy (non-hydrogen) atoms. The standard InChI is InChI=1S/C22H28N4O4/c1-24(2)21(30)17-12-26(20(29)15-10-18(27)25(3)11-15)13-22(17)9-8-14-6-4-5-7-16(14)19(28)23-22/h4-7,15,17H,8-13H2,1-3H3,(H,23,28)/t15?,17-,22+/m1/s1. The van der Waals surface area contributed by atoms with Crippen molar-refractivity contribution >= 4 is 23.6 Å². The molecule has 1 unspecified atom stereocenters. The molecule has 8 nitrogen and oxygen atoms in total. The summed E-state index contributed by atoms with van der Waals surface area (Å²) in [5, 5.41) is 3.13. The smallest absolute Gasteiger partial charge is 0.252 e. The van der Waals surface area contributed by atoms with Gasteiger partial charge in [-0.25, -0.2) is 0 Å². The Labute approximate surface area is 176 Å². The Morgan fingerprint density at radius 2 is 1.90 bits per heavy atom. The van der Waals surface area contributed by atoms with Gasteiger partial charge >= 0.3 is 0 Å². The summed E-state index contributed by atoms with van der Waals surface area (Å²) >= 11 is 0. The van der Waals surface area contributed by atoms with Crippen LogP contribution >= 0.6 is 0 Å². The van der Waals surface area contributed by atoms with E-state index in [1.54, 1.807) is 37.0 Å². The zero-order chi connectivity index (χ0) is 21.6. The average Bonchev–Trinajstić information content (AvgIpc) is 3.21. The summed E-state index contributed by atoms with van der Waals surface area (Å²) in [7, 11) is 5.08. The molecule has 3 aliphatic heterocycles. The molecule has 0 radical (unpaired) electrons. The maximum atomic E-state index is 13.2. The van der Waals surface area contributed by atoms with Crippen molar-refractivity contribution in [1.29, 1.82) is 0 Å². The fraction of sp³-hybridized carbons (Fsp3) is 0.545. The number of hydrogen-bond acceptors (Lipinski definition) is 4. The van der Waals surface area contributed by atoms with Crippen molar-refractivity contribution in [3.8, 4) is 0 Å². The first-order chi connectivity index (χ1) is 14.2. The second kappa shape index (κ2) is 7.41. The predicted molar refractivity (Wildman–Crippen MR) is 109 cm³/mol. The predicted octanol–water partition coefficient (Wildman–Crippen LogP) is 0.126. The van der Waals surface area contributed by atoms with E-state index in [-0.39, 0.29) is 43.1 Å². The molecule has 3 atom stereocenters. The van der Waals surface area contributed by atoms with Gasteiger partial charge in [0.15, 0.2) is 0 Å². The van der Waals surface area contributed by atoms with E-state index in [9.17, 15) is 19.2 Å². The number of nitrogens with one attached hydrogen (secondary N) is 1. The molecule has 1 N–H and O–H groups in total. The second-order valence-electron chi connectivity index (χ2n) is 8.95. The number of hydrogen-bond donors (Lipinski definition) is 1. The fourth-order valence-electron chi connectivity index (χ4n) is 5.05. The van der Waals surface area contributed by atoms with Gasteiger partial charge < -0.3 is 20.0 Å². The number of benzene rings is 1. The molecule has 1 aromatic carbocycles. The largest absolute Gasteiger partial charge is 0.348 e. The van der Waals surface area contributed by atoms with Crippen molar-refractivity contribution in [3.63, 3.8) is 0 Å². The SMILES string of the molecule is CN(C)C(=O)[C@H]1CN(C(=O)C2CC(=O)N(C)C2)C[C@@]12CCc1ccccc1C(=O)N2. The number of carbonyl (C=O) groups is 4. The molecule has 0 bridgehead atoms. The van der Waals surface area contributed by atoms with Crippen LogP contribution < -0.4 is 5.32 Å². The summed E-state index contributed by atoms with van der Waals surface area (Å²) in [6.07, 6.45) is 1.43. The van der Waals surface area contributed by atoms with Crippen LogP contribution in [0.3, 0.4) is 0 Å². The van der Waals surface area contributed by atoms with E-state index in [0.717, 1.165) is 5.56 Å². The number of fused-ring (bicyclic) bond motifs is 1. The van der Waals surface area contributed by atoms with E-state index >= 15 is 0 Å². The van der Waals surface area contributed by atoms with Crippen molar-refractivity contribution in [2.75, 3.05) is 40.8 Å². The number of likely N-dealkylation sites (tertiary alicyclic amines) is 2. The Bertz CT molecular complexity index is 914. The quantitative estimate of drug-likeness (QED) is 0.748. The van der Waals surface area contributed by atoms with Gasteiger partial charge in [-0.3, -0.25) is 19.2 Å². The van der Waals surface area contributed by atoms with Crippen LogP contribution in [0.5, 0.6) is 0 Å². The highest BCUT2D eigenvalue weighted by Gasteiger charge is 2.54. The van der Waals surface area contributed by atoms with Crippen LogP contribution in [0.2, 0.25) is 0 Å². The Balaban J connectivity index is 1.64. The topological polar surface area (TPSA) is 90.0 Å². The molecular weight excluding hydrogens is 384 g/mol. The Hall–Kier alpha value is -2.90. The third-order valence-corrected chi connectivity index (χ3v) is 6.75. The maximum absolute atomic E-state index is 13.2. The summed E-state index contributed by atoms with van der Waals surface area (Å²) in [6, 6.07) is 7.47. The third-order valence-electron chi connectivity index (χ3n) is 6.75. The van der Waals surface area contributed by atoms with Gasteiger partial charge in [-0.2, -0.15) is 0 Å². The van der Waals surface area contributed by atoms with Gasteiger partial charge in [-0.05, 0) is 24.5 Å². The van der Waals surface area contributed by atoms with Gasteiger partial charge in [-0.1, -0.05) is 18.2 Å². The number of amides is 4. The maximum Gasteiger partial charge on any atom is 0.252 e. The Kier molecular flexibility index (Phi) is 5.03. The summed E-state index contributed by atoms with van der Waals surface area (Å²) in [4.78, 5) is 56.0. The summed E-state index contributed by atoms with van der Waals surface area (Å²) < 4.78 is 0. The normalized spacial score (nSPS) is 28.4. The van der Waals surface area contributed by atoms with Crippen LogP contribution in [-0.4, -0.2) is 84.6 Å². The van der Waals surface area contributed by atoms with E-state index < -0.39 is 17.4 Å². The average molecular weight is 412 g/mol.